The normalized spacial score (nSPS) is 24.9. The van der Waals surface area contributed by atoms with Gasteiger partial charge in [-0.25, -0.2) is 0 Å². The summed E-state index contributed by atoms with van der Waals surface area (Å²) in [5.74, 6) is 0.879. The summed E-state index contributed by atoms with van der Waals surface area (Å²) in [4.78, 5) is 0. The minimum Gasteiger partial charge on any atom is -0.400 e. The fourth-order valence-electron chi connectivity index (χ4n) is 1.46. The number of nitrogens with zero attached hydrogens (tertiary/aromatic N) is 1. The monoisotopic (exact) mass is 228 g/mol. The Balaban J connectivity index is 2.49. The first-order valence-electron chi connectivity index (χ1n) is 4.55. The van der Waals surface area contributed by atoms with Crippen molar-refractivity contribution < 1.29 is 8.87 Å². The summed E-state index contributed by atoms with van der Waals surface area (Å²) in [6, 6.07) is 0.363. The average molecular weight is 229 g/mol. The highest BCUT2D eigenvalue weighted by atomic mass is 35.7. The van der Waals surface area contributed by atoms with E-state index in [0.717, 1.165) is 11.5 Å². The Morgan fingerprint density at radius 2 is 2.14 bits per heavy atom. The summed E-state index contributed by atoms with van der Waals surface area (Å²) in [6.07, 6.45) is 9.94. The van der Waals surface area contributed by atoms with E-state index in [0.29, 0.717) is 6.04 Å². The van der Waals surface area contributed by atoms with Crippen molar-refractivity contribution in [3.63, 3.8) is 0 Å². The second-order valence-corrected chi connectivity index (χ2v) is 5.35. The molecule has 4 heteroatoms. The van der Waals surface area contributed by atoms with Crippen molar-refractivity contribution in [3.8, 4) is 0 Å². The third-order valence-electron chi connectivity index (χ3n) is 2.06. The largest absolute Gasteiger partial charge is 0.503 e. The van der Waals surface area contributed by atoms with Gasteiger partial charge in [0.2, 0.25) is 11.5 Å². The van der Waals surface area contributed by atoms with Gasteiger partial charge in [0, 0.05) is 17.3 Å². The second-order valence-electron chi connectivity index (χ2n) is 3.42. The van der Waals surface area contributed by atoms with Crippen molar-refractivity contribution in [1.29, 1.82) is 0 Å². The number of hydrogen-bond donors (Lipinski definition) is 0. The van der Waals surface area contributed by atoms with Crippen LogP contribution in [0.2, 0.25) is 0 Å². The molecule has 0 aromatic heterocycles. The van der Waals surface area contributed by atoms with E-state index in [1.54, 1.807) is 0 Å². The Kier molecular flexibility index (Phi) is 2.76. The SMILES string of the molecule is CC(C)[N+]1=C2C=CC=CC=C2OP1Cl. The van der Waals surface area contributed by atoms with Gasteiger partial charge in [0.25, 0.3) is 0 Å². The summed E-state index contributed by atoms with van der Waals surface area (Å²) < 4.78 is 7.71. The first kappa shape index (κ1) is 9.95. The number of halogens is 1. The molecular weight excluding hydrogens is 217 g/mol. The molecule has 1 unspecified atom stereocenters. The first-order chi connectivity index (χ1) is 6.70. The van der Waals surface area contributed by atoms with Gasteiger partial charge in [0.1, 0.15) is 0 Å². The Hall–Kier alpha value is -0.590. The van der Waals surface area contributed by atoms with Crippen molar-refractivity contribution in [3.05, 3.63) is 36.1 Å². The van der Waals surface area contributed by atoms with Gasteiger partial charge in [-0.15, -0.1) is 0 Å². The van der Waals surface area contributed by atoms with Gasteiger partial charge in [-0.2, -0.15) is 4.35 Å². The van der Waals surface area contributed by atoms with Crippen LogP contribution in [0.4, 0.5) is 0 Å². The van der Waals surface area contributed by atoms with E-state index in [-0.39, 0.29) is 0 Å². The minimum absolute atomic E-state index is 0.363. The molecule has 0 radical (unpaired) electrons. The third-order valence-corrected chi connectivity index (χ3v) is 4.11. The van der Waals surface area contributed by atoms with Crippen molar-refractivity contribution in [2.75, 3.05) is 0 Å². The van der Waals surface area contributed by atoms with E-state index in [1.807, 2.05) is 30.4 Å². The van der Waals surface area contributed by atoms with E-state index in [9.17, 15) is 0 Å². The van der Waals surface area contributed by atoms with Gasteiger partial charge < -0.3 is 4.52 Å². The van der Waals surface area contributed by atoms with Gasteiger partial charge in [-0.3, -0.25) is 0 Å². The number of hydrogen-bond acceptors (Lipinski definition) is 1. The standard InChI is InChI=1S/C10H12ClNOP/c1-8(2)12-9-6-4-3-5-7-10(9)13-14(12)11/h3-8H,1-2H3/q+1. The lowest BCUT2D eigenvalue weighted by Crippen LogP contribution is -2.17. The Bertz CT molecular complexity index is 368. The van der Waals surface area contributed by atoms with E-state index in [1.165, 1.54) is 0 Å². The Morgan fingerprint density at radius 3 is 2.86 bits per heavy atom. The van der Waals surface area contributed by atoms with Crippen LogP contribution in [-0.4, -0.2) is 16.1 Å². The lowest BCUT2D eigenvalue weighted by atomic mass is 10.2. The van der Waals surface area contributed by atoms with Gasteiger partial charge in [0.15, 0.2) is 6.04 Å². The molecule has 14 heavy (non-hydrogen) atoms. The summed E-state index contributed by atoms with van der Waals surface area (Å²) in [5, 5.41) is 0. The van der Waals surface area contributed by atoms with E-state index in [2.05, 4.69) is 18.2 Å². The summed E-state index contributed by atoms with van der Waals surface area (Å²) in [5.41, 5.74) is 1.09. The number of rotatable bonds is 1. The van der Waals surface area contributed by atoms with Crippen molar-refractivity contribution >= 4 is 24.6 Å². The van der Waals surface area contributed by atoms with Crippen LogP contribution in [0.5, 0.6) is 0 Å². The molecule has 1 aliphatic carbocycles. The second kappa shape index (κ2) is 3.88. The highest BCUT2D eigenvalue weighted by Crippen LogP contribution is 2.52. The molecule has 2 rings (SSSR count). The van der Waals surface area contributed by atoms with Crippen LogP contribution >= 0.6 is 18.9 Å². The Labute approximate surface area is 89.9 Å². The molecule has 0 aromatic carbocycles. The van der Waals surface area contributed by atoms with Gasteiger partial charge in [-0.05, 0) is 19.9 Å². The molecule has 1 aliphatic heterocycles. The van der Waals surface area contributed by atoms with Crippen molar-refractivity contribution in [1.82, 2.24) is 0 Å². The molecule has 2 nitrogen and oxygen atoms in total. The van der Waals surface area contributed by atoms with E-state index in [4.69, 9.17) is 15.8 Å². The highest BCUT2D eigenvalue weighted by molar-refractivity contribution is 7.75. The fraction of sp³-hybridized carbons (Fsp3) is 0.300. The van der Waals surface area contributed by atoms with Crippen molar-refractivity contribution in [2.24, 2.45) is 0 Å². The van der Waals surface area contributed by atoms with Crippen LogP contribution in [-0.2, 0) is 4.52 Å². The molecule has 0 N–H and O–H groups in total. The lowest BCUT2D eigenvalue weighted by molar-refractivity contribution is -0.400. The zero-order valence-corrected chi connectivity index (χ0v) is 9.80. The zero-order chi connectivity index (χ0) is 10.1. The fourth-order valence-corrected chi connectivity index (χ4v) is 3.55. The van der Waals surface area contributed by atoms with Crippen LogP contribution in [0, 0.1) is 0 Å². The molecule has 0 amide bonds. The third kappa shape index (κ3) is 1.65. The highest BCUT2D eigenvalue weighted by Gasteiger charge is 2.40. The lowest BCUT2D eigenvalue weighted by Gasteiger charge is -2.02. The molecule has 0 saturated heterocycles. The summed E-state index contributed by atoms with van der Waals surface area (Å²) >= 11 is 6.15. The molecule has 1 atom stereocenters. The average Bonchev–Trinajstić information content (AvgIpc) is 2.31. The van der Waals surface area contributed by atoms with Gasteiger partial charge >= 0.3 is 7.65 Å². The van der Waals surface area contributed by atoms with E-state index >= 15 is 0 Å². The molecule has 0 saturated carbocycles. The summed E-state index contributed by atoms with van der Waals surface area (Å²) in [7, 11) is -1.01. The van der Waals surface area contributed by atoms with Crippen LogP contribution in [0.15, 0.2) is 36.1 Å². The predicted molar refractivity (Wildman–Crippen MR) is 60.6 cm³/mol. The maximum absolute atomic E-state index is 6.15. The first-order valence-corrected chi connectivity index (χ1v) is 6.67. The van der Waals surface area contributed by atoms with E-state index < -0.39 is 7.65 Å². The molecule has 1 heterocycles. The molecular formula is C10H12ClNOP+. The quantitative estimate of drug-likeness (QED) is 0.627. The van der Waals surface area contributed by atoms with Crippen LogP contribution < -0.4 is 0 Å². The predicted octanol–water partition coefficient (Wildman–Crippen LogP) is 3.35. The van der Waals surface area contributed by atoms with Gasteiger partial charge in [0.05, 0.1) is 0 Å². The smallest absolute Gasteiger partial charge is 0.400 e. The van der Waals surface area contributed by atoms with Gasteiger partial charge in [-0.1, -0.05) is 18.2 Å². The zero-order valence-electron chi connectivity index (χ0n) is 8.14. The molecule has 2 aliphatic rings. The maximum atomic E-state index is 6.15. The molecule has 0 spiro atoms. The molecule has 74 valence electrons. The minimum atomic E-state index is -1.01. The molecule has 0 aromatic rings. The molecule has 0 bridgehead atoms. The number of fused-ring (bicyclic) bond motifs is 1. The summed E-state index contributed by atoms with van der Waals surface area (Å²) in [6.45, 7) is 4.23. The van der Waals surface area contributed by atoms with Crippen molar-refractivity contribution in [2.45, 2.75) is 19.9 Å². The topological polar surface area (TPSA) is 12.2 Å². The Morgan fingerprint density at radius 1 is 1.36 bits per heavy atom. The van der Waals surface area contributed by atoms with Crippen LogP contribution in [0.25, 0.3) is 0 Å². The molecule has 0 fully saturated rings. The van der Waals surface area contributed by atoms with Crippen LogP contribution in [0.3, 0.4) is 0 Å². The maximum Gasteiger partial charge on any atom is 0.503 e. The number of allylic oxidation sites excluding steroid dienone is 5. The van der Waals surface area contributed by atoms with Crippen LogP contribution in [0.1, 0.15) is 13.8 Å².